The van der Waals surface area contributed by atoms with Crippen LogP contribution < -0.4 is 0 Å². The fourth-order valence-electron chi connectivity index (χ4n) is 2.48. The molecule has 0 N–H and O–H groups in total. The fraction of sp³-hybridized carbons (Fsp3) is 0.421. The van der Waals surface area contributed by atoms with Crippen molar-refractivity contribution in [3.05, 3.63) is 59.4 Å². The molecule has 0 aromatic carbocycles. The average Bonchev–Trinajstić information content (AvgIpc) is 3.27. The summed E-state index contributed by atoms with van der Waals surface area (Å²) in [6, 6.07) is 0. The number of rotatable bonds is 6. The molecular weight excluding hydrogens is 256 g/mol. The van der Waals surface area contributed by atoms with Gasteiger partial charge in [0.1, 0.15) is 0 Å². The SMILES string of the molecule is C=C(C)C1=CC=C(/C(C)=C/C=C\C=NC)N(CC2CC2)C1. The van der Waals surface area contributed by atoms with Crippen LogP contribution in [0.4, 0.5) is 0 Å². The van der Waals surface area contributed by atoms with E-state index in [9.17, 15) is 0 Å². The molecule has 1 fully saturated rings. The first-order chi connectivity index (χ1) is 10.1. The molecule has 0 aromatic rings. The second kappa shape index (κ2) is 7.26. The molecule has 2 aliphatic rings. The minimum atomic E-state index is 0.883. The van der Waals surface area contributed by atoms with Gasteiger partial charge < -0.3 is 4.90 Å². The first-order valence-electron chi connectivity index (χ1n) is 7.69. The summed E-state index contributed by atoms with van der Waals surface area (Å²) < 4.78 is 0. The van der Waals surface area contributed by atoms with E-state index in [0.717, 1.165) is 12.5 Å². The van der Waals surface area contributed by atoms with Crippen molar-refractivity contribution in [2.75, 3.05) is 20.1 Å². The second-order valence-electron chi connectivity index (χ2n) is 5.99. The Kier molecular flexibility index (Phi) is 5.38. The molecule has 0 unspecified atom stereocenters. The number of allylic oxidation sites excluding steroid dienone is 6. The molecule has 2 heteroatoms. The van der Waals surface area contributed by atoms with Crippen molar-refractivity contribution in [3.8, 4) is 0 Å². The van der Waals surface area contributed by atoms with E-state index in [4.69, 9.17) is 0 Å². The molecule has 0 amide bonds. The maximum absolute atomic E-state index is 4.08. The second-order valence-corrected chi connectivity index (χ2v) is 5.99. The van der Waals surface area contributed by atoms with Gasteiger partial charge in [-0.05, 0) is 55.9 Å². The Balaban J connectivity index is 2.16. The van der Waals surface area contributed by atoms with Gasteiger partial charge in [0.15, 0.2) is 0 Å². The average molecular weight is 282 g/mol. The van der Waals surface area contributed by atoms with E-state index in [1.165, 1.54) is 41.8 Å². The standard InChI is InChI=1S/C19H26N2/c1-15(2)18-10-11-19(16(3)7-5-6-12-20-4)21(14-18)13-17-8-9-17/h5-7,10-12,17H,1,8-9,13-14H2,2-4H3/b6-5-,16-7+,20-12?. The van der Waals surface area contributed by atoms with Crippen LogP contribution in [0.3, 0.4) is 0 Å². The topological polar surface area (TPSA) is 15.6 Å². The highest BCUT2D eigenvalue weighted by Gasteiger charge is 2.27. The lowest BCUT2D eigenvalue weighted by molar-refractivity contribution is 0.358. The predicted octanol–water partition coefficient (Wildman–Crippen LogP) is 4.30. The van der Waals surface area contributed by atoms with Crippen molar-refractivity contribution in [2.45, 2.75) is 26.7 Å². The summed E-state index contributed by atoms with van der Waals surface area (Å²) in [6.45, 7) is 10.5. The van der Waals surface area contributed by atoms with Crippen molar-refractivity contribution in [1.29, 1.82) is 0 Å². The number of hydrogen-bond acceptors (Lipinski definition) is 2. The number of aliphatic imine (C=N–C) groups is 1. The van der Waals surface area contributed by atoms with Gasteiger partial charge in [-0.3, -0.25) is 4.99 Å². The summed E-state index contributed by atoms with van der Waals surface area (Å²) >= 11 is 0. The van der Waals surface area contributed by atoms with Crippen LogP contribution in [0.1, 0.15) is 26.7 Å². The molecule has 112 valence electrons. The molecular formula is C19H26N2. The van der Waals surface area contributed by atoms with Gasteiger partial charge in [0.25, 0.3) is 0 Å². The molecule has 0 aromatic heterocycles. The van der Waals surface area contributed by atoms with Gasteiger partial charge in [0.05, 0.1) is 0 Å². The molecule has 1 heterocycles. The van der Waals surface area contributed by atoms with Crippen LogP contribution in [0.2, 0.25) is 0 Å². The van der Waals surface area contributed by atoms with Crippen LogP contribution in [-0.4, -0.2) is 31.3 Å². The normalized spacial score (nSPS) is 20.1. The van der Waals surface area contributed by atoms with Gasteiger partial charge >= 0.3 is 0 Å². The molecule has 0 saturated heterocycles. The Morgan fingerprint density at radius 1 is 1.33 bits per heavy atom. The summed E-state index contributed by atoms with van der Waals surface area (Å²) in [5.74, 6) is 0.883. The first-order valence-corrected chi connectivity index (χ1v) is 7.69. The number of hydrogen-bond donors (Lipinski definition) is 0. The molecule has 0 atom stereocenters. The van der Waals surface area contributed by atoms with E-state index in [0.29, 0.717) is 0 Å². The zero-order chi connectivity index (χ0) is 15.2. The highest BCUT2D eigenvalue weighted by Crippen LogP contribution is 2.33. The van der Waals surface area contributed by atoms with Crippen LogP contribution in [0.5, 0.6) is 0 Å². The highest BCUT2D eigenvalue weighted by molar-refractivity contribution is 5.71. The highest BCUT2D eigenvalue weighted by atomic mass is 15.1. The third-order valence-electron chi connectivity index (χ3n) is 3.96. The van der Waals surface area contributed by atoms with Gasteiger partial charge in [-0.2, -0.15) is 0 Å². The number of nitrogens with zero attached hydrogens (tertiary/aromatic N) is 2. The zero-order valence-electron chi connectivity index (χ0n) is 13.5. The summed E-state index contributed by atoms with van der Waals surface area (Å²) in [7, 11) is 1.78. The summed E-state index contributed by atoms with van der Waals surface area (Å²) in [5, 5.41) is 0. The largest absolute Gasteiger partial charge is 0.367 e. The predicted molar refractivity (Wildman–Crippen MR) is 92.6 cm³/mol. The zero-order valence-corrected chi connectivity index (χ0v) is 13.5. The minimum absolute atomic E-state index is 0.883. The van der Waals surface area contributed by atoms with Gasteiger partial charge in [0, 0.05) is 32.0 Å². The Morgan fingerprint density at radius 3 is 2.71 bits per heavy atom. The van der Waals surface area contributed by atoms with Crippen molar-refractivity contribution in [2.24, 2.45) is 10.9 Å². The van der Waals surface area contributed by atoms with Gasteiger partial charge in [-0.15, -0.1) is 0 Å². The van der Waals surface area contributed by atoms with Crippen molar-refractivity contribution in [3.63, 3.8) is 0 Å². The first kappa shape index (κ1) is 15.6. The minimum Gasteiger partial charge on any atom is -0.367 e. The Hall–Kier alpha value is -1.83. The van der Waals surface area contributed by atoms with E-state index in [2.05, 4.69) is 54.6 Å². The third kappa shape index (κ3) is 4.59. The Morgan fingerprint density at radius 2 is 2.10 bits per heavy atom. The van der Waals surface area contributed by atoms with Crippen molar-refractivity contribution < 1.29 is 0 Å². The maximum atomic E-state index is 4.08. The van der Waals surface area contributed by atoms with Crippen LogP contribution >= 0.6 is 0 Å². The Labute approximate surface area is 129 Å². The van der Waals surface area contributed by atoms with E-state index < -0.39 is 0 Å². The molecule has 21 heavy (non-hydrogen) atoms. The third-order valence-corrected chi connectivity index (χ3v) is 3.96. The fourth-order valence-corrected chi connectivity index (χ4v) is 2.48. The van der Waals surface area contributed by atoms with Crippen LogP contribution in [0.25, 0.3) is 0 Å². The van der Waals surface area contributed by atoms with E-state index >= 15 is 0 Å². The molecule has 1 aliphatic carbocycles. The molecule has 1 aliphatic heterocycles. The van der Waals surface area contributed by atoms with E-state index in [1.54, 1.807) is 13.3 Å². The summed E-state index contributed by atoms with van der Waals surface area (Å²) in [5.41, 5.74) is 5.16. The molecule has 2 rings (SSSR count). The molecule has 0 bridgehead atoms. The monoisotopic (exact) mass is 282 g/mol. The lowest BCUT2D eigenvalue weighted by atomic mass is 10.0. The quantitative estimate of drug-likeness (QED) is 0.524. The lowest BCUT2D eigenvalue weighted by Crippen LogP contribution is -2.30. The molecule has 1 saturated carbocycles. The van der Waals surface area contributed by atoms with E-state index in [1.807, 2.05) is 6.08 Å². The van der Waals surface area contributed by atoms with Gasteiger partial charge in [-0.1, -0.05) is 30.4 Å². The van der Waals surface area contributed by atoms with Gasteiger partial charge in [-0.25, -0.2) is 0 Å². The van der Waals surface area contributed by atoms with Crippen LogP contribution in [0.15, 0.2) is 64.4 Å². The summed E-state index contributed by atoms with van der Waals surface area (Å²) in [4.78, 5) is 6.46. The molecule has 2 nitrogen and oxygen atoms in total. The van der Waals surface area contributed by atoms with Crippen LogP contribution in [-0.2, 0) is 0 Å². The molecule has 0 radical (unpaired) electrons. The molecule has 0 spiro atoms. The van der Waals surface area contributed by atoms with Crippen molar-refractivity contribution >= 4 is 6.21 Å². The lowest BCUT2D eigenvalue weighted by Gasteiger charge is -2.32. The van der Waals surface area contributed by atoms with Crippen molar-refractivity contribution in [1.82, 2.24) is 4.90 Å². The smallest absolute Gasteiger partial charge is 0.0432 e. The van der Waals surface area contributed by atoms with Gasteiger partial charge in [0.2, 0.25) is 0 Å². The summed E-state index contributed by atoms with van der Waals surface area (Å²) in [6.07, 6.45) is 15.2. The van der Waals surface area contributed by atoms with E-state index in [-0.39, 0.29) is 0 Å². The maximum Gasteiger partial charge on any atom is 0.0432 e. The van der Waals surface area contributed by atoms with Crippen LogP contribution in [0, 0.1) is 5.92 Å². The Bertz CT molecular complexity index is 540.